The molecule has 9 nitrogen and oxygen atoms in total. The highest BCUT2D eigenvalue weighted by molar-refractivity contribution is 9.10. The first-order valence-electron chi connectivity index (χ1n) is 10.3. The van der Waals surface area contributed by atoms with Gasteiger partial charge in [-0.3, -0.25) is 24.6 Å². The van der Waals surface area contributed by atoms with E-state index in [9.17, 15) is 24.8 Å². The second-order valence-electron chi connectivity index (χ2n) is 8.82. The number of hydrogen-bond donors (Lipinski definition) is 1. The van der Waals surface area contributed by atoms with Crippen molar-refractivity contribution in [1.29, 1.82) is 0 Å². The Balaban J connectivity index is 1.91. The minimum Gasteiger partial charge on any atom is -0.507 e. The van der Waals surface area contributed by atoms with Crippen LogP contribution in [0.15, 0.2) is 69.2 Å². The quantitative estimate of drug-likeness (QED) is 0.161. The lowest BCUT2D eigenvalue weighted by Gasteiger charge is -2.22. The molecule has 2 heterocycles. The van der Waals surface area contributed by atoms with E-state index in [1.807, 2.05) is 20.8 Å². The van der Waals surface area contributed by atoms with Crippen molar-refractivity contribution in [2.45, 2.75) is 32.2 Å². The molecule has 174 valence electrons. The lowest BCUT2D eigenvalue weighted by molar-refractivity contribution is -0.384. The van der Waals surface area contributed by atoms with E-state index < -0.39 is 28.1 Å². The highest BCUT2D eigenvalue weighted by Gasteiger charge is 2.48. The first kappa shape index (κ1) is 23.4. The van der Waals surface area contributed by atoms with E-state index in [2.05, 4.69) is 21.1 Å². The van der Waals surface area contributed by atoms with Crippen LogP contribution in [0.3, 0.4) is 0 Å². The molecule has 1 unspecified atom stereocenters. The predicted octanol–water partition coefficient (Wildman–Crippen LogP) is 5.27. The molecule has 0 radical (unpaired) electrons. The summed E-state index contributed by atoms with van der Waals surface area (Å²) < 4.78 is 6.20. The van der Waals surface area contributed by atoms with Crippen molar-refractivity contribution in [1.82, 2.24) is 5.16 Å². The van der Waals surface area contributed by atoms with Crippen LogP contribution in [-0.4, -0.2) is 26.9 Å². The maximum Gasteiger partial charge on any atom is 0.301 e. The summed E-state index contributed by atoms with van der Waals surface area (Å²) in [7, 11) is 0. The third-order valence-corrected chi connectivity index (χ3v) is 5.99. The summed E-state index contributed by atoms with van der Waals surface area (Å²) in [6.07, 6.45) is 0. The average molecular weight is 526 g/mol. The zero-order valence-electron chi connectivity index (χ0n) is 18.5. The molecule has 1 aliphatic heterocycles. The maximum atomic E-state index is 13.2. The topological polar surface area (TPSA) is 127 Å². The highest BCUT2D eigenvalue weighted by atomic mass is 79.9. The molecule has 2 aromatic carbocycles. The van der Waals surface area contributed by atoms with Gasteiger partial charge in [-0.2, -0.15) is 0 Å². The Kier molecular flexibility index (Phi) is 5.86. The van der Waals surface area contributed by atoms with Gasteiger partial charge < -0.3 is 9.63 Å². The van der Waals surface area contributed by atoms with Crippen molar-refractivity contribution < 1.29 is 24.1 Å². The lowest BCUT2D eigenvalue weighted by atomic mass is 9.93. The third-order valence-electron chi connectivity index (χ3n) is 5.47. The van der Waals surface area contributed by atoms with Gasteiger partial charge in [0.05, 0.1) is 16.5 Å². The zero-order chi connectivity index (χ0) is 24.8. The van der Waals surface area contributed by atoms with Crippen LogP contribution in [0.5, 0.6) is 0 Å². The van der Waals surface area contributed by atoms with Crippen LogP contribution in [0.1, 0.15) is 43.7 Å². The van der Waals surface area contributed by atoms with Gasteiger partial charge in [-0.1, -0.05) is 54.0 Å². The maximum absolute atomic E-state index is 13.2. The van der Waals surface area contributed by atoms with E-state index in [0.29, 0.717) is 16.9 Å². The highest BCUT2D eigenvalue weighted by Crippen LogP contribution is 2.43. The number of aromatic nitrogens is 1. The Labute approximate surface area is 202 Å². The zero-order valence-corrected chi connectivity index (χ0v) is 20.1. The van der Waals surface area contributed by atoms with Crippen LogP contribution in [0.25, 0.3) is 5.76 Å². The summed E-state index contributed by atoms with van der Waals surface area (Å²) in [5.74, 6) is -1.55. The van der Waals surface area contributed by atoms with Gasteiger partial charge in [-0.05, 0) is 29.8 Å². The number of aliphatic hydroxyl groups excluding tert-OH is 1. The van der Waals surface area contributed by atoms with E-state index in [1.165, 1.54) is 24.3 Å². The number of carbonyl (C=O) groups excluding carboxylic acids is 2. The first-order chi connectivity index (χ1) is 16.0. The van der Waals surface area contributed by atoms with Crippen LogP contribution in [0.2, 0.25) is 0 Å². The Morgan fingerprint density at radius 1 is 1.12 bits per heavy atom. The molecule has 4 rings (SSSR count). The van der Waals surface area contributed by atoms with Crippen molar-refractivity contribution >= 4 is 44.9 Å². The normalized spacial score (nSPS) is 17.9. The summed E-state index contributed by atoms with van der Waals surface area (Å²) in [5, 5.41) is 26.2. The number of anilines is 1. The molecule has 1 aliphatic rings. The van der Waals surface area contributed by atoms with Crippen molar-refractivity contribution in [2.24, 2.45) is 0 Å². The molecule has 0 bridgehead atoms. The molecule has 3 aromatic rings. The Morgan fingerprint density at radius 3 is 2.26 bits per heavy atom. The SMILES string of the molecule is CC(C)(C)c1cc(N2C(=O)C(=O)C(=C(O)c3ccc(Br)cc3)C2c2ccc([N+](=O)[O-])cc2)no1. The van der Waals surface area contributed by atoms with E-state index in [-0.39, 0.29) is 22.8 Å². The summed E-state index contributed by atoms with van der Waals surface area (Å²) in [4.78, 5) is 38.0. The molecule has 1 aromatic heterocycles. The minimum atomic E-state index is -1.07. The smallest absolute Gasteiger partial charge is 0.301 e. The minimum absolute atomic E-state index is 0.102. The number of amides is 1. The van der Waals surface area contributed by atoms with Gasteiger partial charge in [0.15, 0.2) is 5.82 Å². The number of ketones is 1. The number of hydrogen-bond acceptors (Lipinski definition) is 7. The molecule has 10 heteroatoms. The van der Waals surface area contributed by atoms with E-state index >= 15 is 0 Å². The standard InChI is InChI=1S/C24H20BrN3O6/c1-24(2,3)17-12-18(26-34-17)27-20(13-6-10-16(11-7-13)28(32)33)19(22(30)23(27)31)21(29)14-4-8-15(25)9-5-14/h4-12,20,29H,1-3H3. The van der Waals surface area contributed by atoms with Crippen LogP contribution in [0, 0.1) is 10.1 Å². The van der Waals surface area contributed by atoms with E-state index in [4.69, 9.17) is 4.52 Å². The van der Waals surface area contributed by atoms with Crippen LogP contribution < -0.4 is 4.90 Å². The molecule has 34 heavy (non-hydrogen) atoms. The van der Waals surface area contributed by atoms with Gasteiger partial charge in [0.2, 0.25) is 0 Å². The molecule has 1 saturated heterocycles. The average Bonchev–Trinajstić information content (AvgIpc) is 3.37. The lowest BCUT2D eigenvalue weighted by Crippen LogP contribution is -2.29. The van der Waals surface area contributed by atoms with E-state index in [0.717, 1.165) is 9.37 Å². The molecule has 0 spiro atoms. The molecule has 1 N–H and O–H groups in total. The second-order valence-corrected chi connectivity index (χ2v) is 9.74. The Morgan fingerprint density at radius 2 is 1.74 bits per heavy atom. The number of nitro benzene ring substituents is 1. The van der Waals surface area contributed by atoms with Crippen LogP contribution >= 0.6 is 15.9 Å². The Hall–Kier alpha value is -3.79. The molecular weight excluding hydrogens is 506 g/mol. The fourth-order valence-electron chi connectivity index (χ4n) is 3.66. The van der Waals surface area contributed by atoms with Crippen molar-refractivity contribution in [3.63, 3.8) is 0 Å². The van der Waals surface area contributed by atoms with E-state index in [1.54, 1.807) is 30.3 Å². The number of nitrogens with zero attached hydrogens (tertiary/aromatic N) is 3. The largest absolute Gasteiger partial charge is 0.507 e. The number of halogens is 1. The fourth-order valence-corrected chi connectivity index (χ4v) is 3.92. The summed E-state index contributed by atoms with van der Waals surface area (Å²) >= 11 is 3.32. The molecule has 1 atom stereocenters. The molecule has 0 aliphatic carbocycles. The molecule has 1 amide bonds. The number of carbonyl (C=O) groups is 2. The van der Waals surface area contributed by atoms with Gasteiger partial charge in [0.25, 0.3) is 11.5 Å². The van der Waals surface area contributed by atoms with Gasteiger partial charge in [-0.15, -0.1) is 0 Å². The number of Topliss-reactive ketones (excluding diaryl/α,β-unsaturated/α-hetero) is 1. The molecule has 1 fully saturated rings. The third kappa shape index (κ3) is 4.12. The molecular formula is C24H20BrN3O6. The van der Waals surface area contributed by atoms with Gasteiger partial charge in [-0.25, -0.2) is 0 Å². The van der Waals surface area contributed by atoms with Gasteiger partial charge >= 0.3 is 5.91 Å². The first-order valence-corrected chi connectivity index (χ1v) is 11.1. The van der Waals surface area contributed by atoms with Crippen LogP contribution in [-0.2, 0) is 15.0 Å². The van der Waals surface area contributed by atoms with Gasteiger partial charge in [0, 0.05) is 33.7 Å². The number of rotatable bonds is 4. The predicted molar refractivity (Wildman–Crippen MR) is 127 cm³/mol. The number of benzene rings is 2. The Bertz CT molecular complexity index is 1320. The monoisotopic (exact) mass is 525 g/mol. The van der Waals surface area contributed by atoms with Gasteiger partial charge in [0.1, 0.15) is 11.5 Å². The summed E-state index contributed by atoms with van der Waals surface area (Å²) in [6, 6.07) is 12.5. The summed E-state index contributed by atoms with van der Waals surface area (Å²) in [6.45, 7) is 5.73. The number of nitro groups is 1. The fraction of sp³-hybridized carbons (Fsp3) is 0.208. The van der Waals surface area contributed by atoms with Crippen molar-refractivity contribution in [3.05, 3.63) is 91.6 Å². The van der Waals surface area contributed by atoms with Crippen LogP contribution in [0.4, 0.5) is 11.5 Å². The number of aliphatic hydroxyl groups is 1. The number of non-ortho nitro benzene ring substituents is 1. The van der Waals surface area contributed by atoms with Crippen molar-refractivity contribution in [3.8, 4) is 0 Å². The van der Waals surface area contributed by atoms with Crippen molar-refractivity contribution in [2.75, 3.05) is 4.90 Å². The molecule has 0 saturated carbocycles. The second kappa shape index (κ2) is 8.53. The summed E-state index contributed by atoms with van der Waals surface area (Å²) in [5.41, 5.74) is 0.0259.